The normalized spacial score (nSPS) is 18.0. The van der Waals surface area contributed by atoms with Crippen molar-refractivity contribution in [2.24, 2.45) is 0 Å². The number of carbonyl (C=O) groups is 1. The van der Waals surface area contributed by atoms with E-state index < -0.39 is 10.0 Å². The molecule has 7 heteroatoms. The van der Waals surface area contributed by atoms with Gasteiger partial charge in [-0.05, 0) is 49.6 Å². The van der Waals surface area contributed by atoms with Crippen molar-refractivity contribution in [3.63, 3.8) is 0 Å². The third-order valence-electron chi connectivity index (χ3n) is 5.29. The lowest BCUT2D eigenvalue weighted by Gasteiger charge is -2.30. The summed E-state index contributed by atoms with van der Waals surface area (Å²) in [6.07, 6.45) is 1.85. The first-order chi connectivity index (χ1) is 13.5. The minimum absolute atomic E-state index is 0.154. The molecule has 2 aliphatic heterocycles. The second-order valence-electron chi connectivity index (χ2n) is 7.24. The van der Waals surface area contributed by atoms with E-state index in [-0.39, 0.29) is 10.8 Å². The maximum atomic E-state index is 13.2. The number of ether oxygens (including phenoxy) is 1. The number of fused-ring (bicyclic) bond motifs is 1. The van der Waals surface area contributed by atoms with Gasteiger partial charge in [-0.2, -0.15) is 4.31 Å². The number of hydrogen-bond acceptors (Lipinski definition) is 4. The summed E-state index contributed by atoms with van der Waals surface area (Å²) < 4.78 is 32.5. The molecule has 28 heavy (non-hydrogen) atoms. The zero-order valence-corrected chi connectivity index (χ0v) is 16.7. The Morgan fingerprint density at radius 2 is 1.82 bits per heavy atom. The fraction of sp³-hybridized carbons (Fsp3) is 0.381. The highest BCUT2D eigenvalue weighted by Crippen LogP contribution is 2.30. The van der Waals surface area contributed by atoms with Gasteiger partial charge in [0, 0.05) is 30.9 Å². The first-order valence-corrected chi connectivity index (χ1v) is 11.0. The lowest BCUT2D eigenvalue weighted by atomic mass is 9.99. The molecule has 0 unspecified atom stereocenters. The summed E-state index contributed by atoms with van der Waals surface area (Å²) in [7, 11) is -3.63. The van der Waals surface area contributed by atoms with Crippen LogP contribution in [0, 0.1) is 6.92 Å². The van der Waals surface area contributed by atoms with Crippen molar-refractivity contribution in [1.82, 2.24) is 4.31 Å². The lowest BCUT2D eigenvalue weighted by Crippen LogP contribution is -2.40. The van der Waals surface area contributed by atoms with Crippen LogP contribution in [0.2, 0.25) is 0 Å². The van der Waals surface area contributed by atoms with E-state index >= 15 is 0 Å². The summed E-state index contributed by atoms with van der Waals surface area (Å²) in [6.45, 7) is 4.12. The second-order valence-corrected chi connectivity index (χ2v) is 9.17. The van der Waals surface area contributed by atoms with Crippen LogP contribution in [0.25, 0.3) is 0 Å². The minimum atomic E-state index is -3.63. The molecule has 0 aliphatic carbocycles. The van der Waals surface area contributed by atoms with Gasteiger partial charge >= 0.3 is 0 Å². The third-order valence-corrected chi connectivity index (χ3v) is 7.18. The number of sulfonamides is 1. The van der Waals surface area contributed by atoms with E-state index in [0.717, 1.165) is 24.1 Å². The zero-order valence-electron chi connectivity index (χ0n) is 15.9. The van der Waals surface area contributed by atoms with E-state index in [2.05, 4.69) is 6.07 Å². The van der Waals surface area contributed by atoms with Crippen LogP contribution in [-0.2, 0) is 21.2 Å². The summed E-state index contributed by atoms with van der Waals surface area (Å²) in [6, 6.07) is 12.5. The molecule has 0 atom stereocenters. The number of carbonyl (C=O) groups excluding carboxylic acids is 1. The Labute approximate surface area is 165 Å². The van der Waals surface area contributed by atoms with Gasteiger partial charge in [-0.1, -0.05) is 23.8 Å². The monoisotopic (exact) mass is 400 g/mol. The van der Waals surface area contributed by atoms with Crippen LogP contribution < -0.4 is 4.90 Å². The molecule has 148 valence electrons. The van der Waals surface area contributed by atoms with Crippen molar-refractivity contribution < 1.29 is 17.9 Å². The Morgan fingerprint density at radius 3 is 2.61 bits per heavy atom. The van der Waals surface area contributed by atoms with E-state index in [4.69, 9.17) is 4.74 Å². The molecule has 1 fully saturated rings. The highest BCUT2D eigenvalue weighted by atomic mass is 32.2. The number of amides is 1. The highest BCUT2D eigenvalue weighted by molar-refractivity contribution is 7.89. The number of nitrogens with zero attached hydrogens (tertiary/aromatic N) is 2. The quantitative estimate of drug-likeness (QED) is 0.794. The van der Waals surface area contributed by atoms with Crippen LogP contribution in [-0.4, -0.2) is 51.5 Å². The SMILES string of the molecule is Cc1ccc2c(c1)CCCN2C(=O)c1cccc(S(=O)(=O)N2CCOCC2)c1. The van der Waals surface area contributed by atoms with Crippen molar-refractivity contribution in [2.45, 2.75) is 24.7 Å². The van der Waals surface area contributed by atoms with Crippen molar-refractivity contribution in [1.29, 1.82) is 0 Å². The fourth-order valence-electron chi connectivity index (χ4n) is 3.82. The van der Waals surface area contributed by atoms with Gasteiger partial charge in [-0.3, -0.25) is 4.79 Å². The molecule has 4 rings (SSSR count). The van der Waals surface area contributed by atoms with E-state index in [1.54, 1.807) is 23.1 Å². The van der Waals surface area contributed by atoms with Crippen molar-refractivity contribution in [3.8, 4) is 0 Å². The van der Waals surface area contributed by atoms with Gasteiger partial charge in [0.05, 0.1) is 18.1 Å². The highest BCUT2D eigenvalue weighted by Gasteiger charge is 2.28. The minimum Gasteiger partial charge on any atom is -0.379 e. The maximum absolute atomic E-state index is 13.2. The van der Waals surface area contributed by atoms with Crippen LogP contribution in [0.4, 0.5) is 5.69 Å². The predicted octanol–water partition coefficient (Wildman–Crippen LogP) is 2.61. The Balaban J connectivity index is 1.64. The van der Waals surface area contributed by atoms with Crippen LogP contribution >= 0.6 is 0 Å². The molecule has 0 bridgehead atoms. The molecule has 2 aromatic carbocycles. The van der Waals surface area contributed by atoms with Gasteiger partial charge in [0.2, 0.25) is 10.0 Å². The number of benzene rings is 2. The van der Waals surface area contributed by atoms with E-state index in [9.17, 15) is 13.2 Å². The molecule has 0 N–H and O–H groups in total. The summed E-state index contributed by atoms with van der Waals surface area (Å²) in [5.41, 5.74) is 3.65. The standard InChI is InChI=1S/C21H24N2O4S/c1-16-7-8-20-17(14-16)5-3-9-23(20)21(24)18-4-2-6-19(15-18)28(25,26)22-10-12-27-13-11-22/h2,4,6-8,14-15H,3,5,9-13H2,1H3. The van der Waals surface area contributed by atoms with Crippen LogP contribution in [0.3, 0.4) is 0 Å². The van der Waals surface area contributed by atoms with Gasteiger partial charge in [0.1, 0.15) is 0 Å². The number of anilines is 1. The molecular formula is C21H24N2O4S. The molecule has 0 radical (unpaired) electrons. The van der Waals surface area contributed by atoms with Crippen molar-refractivity contribution >= 4 is 21.6 Å². The number of rotatable bonds is 3. The molecule has 2 aromatic rings. The Morgan fingerprint density at radius 1 is 1.04 bits per heavy atom. The van der Waals surface area contributed by atoms with Gasteiger partial charge < -0.3 is 9.64 Å². The Hall–Kier alpha value is -2.22. The smallest absolute Gasteiger partial charge is 0.258 e. The largest absolute Gasteiger partial charge is 0.379 e. The van der Waals surface area contributed by atoms with Crippen molar-refractivity contribution in [3.05, 3.63) is 59.2 Å². The third kappa shape index (κ3) is 3.57. The van der Waals surface area contributed by atoms with Crippen LogP contribution in [0.15, 0.2) is 47.4 Å². The lowest BCUT2D eigenvalue weighted by molar-refractivity contribution is 0.0730. The molecule has 2 heterocycles. The van der Waals surface area contributed by atoms with Crippen LogP contribution in [0.1, 0.15) is 27.9 Å². The van der Waals surface area contributed by atoms with Gasteiger partial charge in [-0.25, -0.2) is 8.42 Å². The number of aryl methyl sites for hydroxylation is 2. The molecule has 0 saturated carbocycles. The molecule has 1 amide bonds. The van der Waals surface area contributed by atoms with Gasteiger partial charge in [-0.15, -0.1) is 0 Å². The van der Waals surface area contributed by atoms with Gasteiger partial charge in [0.15, 0.2) is 0 Å². The molecule has 0 spiro atoms. The molecule has 0 aromatic heterocycles. The number of hydrogen-bond donors (Lipinski definition) is 0. The molecular weight excluding hydrogens is 376 g/mol. The van der Waals surface area contributed by atoms with E-state index in [1.807, 2.05) is 19.1 Å². The summed E-state index contributed by atoms with van der Waals surface area (Å²) in [5, 5.41) is 0. The first-order valence-electron chi connectivity index (χ1n) is 9.56. The van der Waals surface area contributed by atoms with E-state index in [0.29, 0.717) is 38.4 Å². The predicted molar refractivity (Wildman–Crippen MR) is 107 cm³/mol. The maximum Gasteiger partial charge on any atom is 0.258 e. The molecule has 6 nitrogen and oxygen atoms in total. The van der Waals surface area contributed by atoms with Crippen molar-refractivity contribution in [2.75, 3.05) is 37.7 Å². The Bertz CT molecular complexity index is 997. The number of morpholine rings is 1. The first kappa shape index (κ1) is 19.1. The molecule has 1 saturated heterocycles. The summed E-state index contributed by atoms with van der Waals surface area (Å²) in [5.74, 6) is -0.163. The summed E-state index contributed by atoms with van der Waals surface area (Å²) in [4.78, 5) is 15.1. The van der Waals surface area contributed by atoms with Gasteiger partial charge in [0.25, 0.3) is 5.91 Å². The fourth-order valence-corrected chi connectivity index (χ4v) is 5.27. The van der Waals surface area contributed by atoms with E-state index in [1.165, 1.54) is 15.9 Å². The molecule has 2 aliphatic rings. The average molecular weight is 401 g/mol. The second kappa shape index (κ2) is 7.66. The van der Waals surface area contributed by atoms with Crippen LogP contribution in [0.5, 0.6) is 0 Å². The summed E-state index contributed by atoms with van der Waals surface area (Å²) >= 11 is 0. The topological polar surface area (TPSA) is 66.9 Å². The average Bonchev–Trinajstić information content (AvgIpc) is 2.73. The zero-order chi connectivity index (χ0) is 19.7. The Kier molecular flexibility index (Phi) is 5.23.